The van der Waals surface area contributed by atoms with E-state index in [1.807, 2.05) is 0 Å². The predicted octanol–water partition coefficient (Wildman–Crippen LogP) is 8.15. The van der Waals surface area contributed by atoms with Crippen LogP contribution in [0.4, 0.5) is 0 Å². The van der Waals surface area contributed by atoms with Gasteiger partial charge in [0.2, 0.25) is 0 Å². The van der Waals surface area contributed by atoms with Crippen LogP contribution in [0.15, 0.2) is 97.1 Å². The molecule has 36 heavy (non-hydrogen) atoms. The summed E-state index contributed by atoms with van der Waals surface area (Å²) >= 11 is 0. The van der Waals surface area contributed by atoms with Crippen molar-refractivity contribution in [2.45, 2.75) is 64.7 Å². The molecule has 1 fully saturated rings. The smallest absolute Gasteiger partial charge is 0.0267 e. The summed E-state index contributed by atoms with van der Waals surface area (Å²) in [5.41, 5.74) is 5.78. The number of hydrogen-bond acceptors (Lipinski definition) is 0. The lowest BCUT2D eigenvalue weighted by atomic mass is 9.99. The third kappa shape index (κ3) is 4.72. The summed E-state index contributed by atoms with van der Waals surface area (Å²) in [5.74, 6) is 0. The van der Waals surface area contributed by atoms with Crippen LogP contribution in [0, 0.1) is 27.7 Å². The average Bonchev–Trinajstić information content (AvgIpc) is 2.89. The number of benzene rings is 4. The van der Waals surface area contributed by atoms with Crippen LogP contribution in [0.5, 0.6) is 0 Å². The molecule has 4 aromatic rings. The van der Waals surface area contributed by atoms with Gasteiger partial charge in [0.25, 0.3) is 0 Å². The first-order chi connectivity index (χ1) is 17.5. The van der Waals surface area contributed by atoms with Crippen molar-refractivity contribution in [2.75, 3.05) is 0 Å². The highest BCUT2D eigenvalue weighted by Crippen LogP contribution is 2.71. The van der Waals surface area contributed by atoms with E-state index in [2.05, 4.69) is 125 Å². The Morgan fingerprint density at radius 1 is 0.417 bits per heavy atom. The van der Waals surface area contributed by atoms with Crippen molar-refractivity contribution in [3.05, 3.63) is 119 Å². The Morgan fingerprint density at radius 3 is 0.972 bits per heavy atom. The summed E-state index contributed by atoms with van der Waals surface area (Å²) in [6, 6.07) is 37.1. The van der Waals surface area contributed by atoms with Crippen molar-refractivity contribution in [2.24, 2.45) is 0 Å². The molecule has 4 aromatic carbocycles. The second-order valence-corrected chi connectivity index (χ2v) is 15.7. The molecule has 0 nitrogen and oxygen atoms in total. The van der Waals surface area contributed by atoms with E-state index < -0.39 is 15.8 Å². The number of rotatable bonds is 6. The molecule has 0 N–H and O–H groups in total. The molecule has 0 spiro atoms. The molecule has 1 aliphatic rings. The predicted molar refractivity (Wildman–Crippen MR) is 163 cm³/mol. The molecule has 0 aromatic heterocycles. The molecular weight excluding hydrogens is 470 g/mol. The molecule has 5 rings (SSSR count). The summed E-state index contributed by atoms with van der Waals surface area (Å²) in [6.07, 6.45) is 6.61. The standard InChI is InChI=1S/C34H38P2/c1-26-16-6-10-20-30(26)35(31-21-11-7-17-27(31)2)34(24-14-5-15-25-34)36(32-22-12-8-18-28(32)3)33-23-13-9-19-29(33)4/h6-13,16-23H,5,14-15,24-25H2,1-4H3. The van der Waals surface area contributed by atoms with Crippen LogP contribution >= 0.6 is 15.8 Å². The van der Waals surface area contributed by atoms with Gasteiger partial charge in [-0.1, -0.05) is 116 Å². The lowest BCUT2D eigenvalue weighted by molar-refractivity contribution is 0.483. The number of aryl methyl sites for hydroxylation is 4. The van der Waals surface area contributed by atoms with Crippen molar-refractivity contribution in [1.82, 2.24) is 0 Å². The molecule has 0 saturated heterocycles. The maximum atomic E-state index is 2.45. The van der Waals surface area contributed by atoms with Crippen LogP contribution < -0.4 is 21.2 Å². The van der Waals surface area contributed by atoms with E-state index in [4.69, 9.17) is 0 Å². The molecular formula is C34H38P2. The Bertz CT molecular complexity index is 1140. The lowest BCUT2D eigenvalue weighted by Crippen LogP contribution is -2.42. The fourth-order valence-corrected chi connectivity index (χ4v) is 14.7. The van der Waals surface area contributed by atoms with E-state index in [1.54, 1.807) is 21.2 Å². The first kappa shape index (κ1) is 25.4. The highest BCUT2D eigenvalue weighted by atomic mass is 31.2. The maximum absolute atomic E-state index is 2.45. The molecule has 0 bridgehead atoms. The van der Waals surface area contributed by atoms with Crippen molar-refractivity contribution < 1.29 is 0 Å². The van der Waals surface area contributed by atoms with E-state index in [-0.39, 0.29) is 4.90 Å². The van der Waals surface area contributed by atoms with E-state index in [9.17, 15) is 0 Å². The zero-order chi connectivity index (χ0) is 25.1. The molecule has 184 valence electrons. The fraction of sp³-hybridized carbons (Fsp3) is 0.294. The van der Waals surface area contributed by atoms with Crippen LogP contribution in [0.2, 0.25) is 0 Å². The molecule has 0 heterocycles. The molecule has 2 heteroatoms. The van der Waals surface area contributed by atoms with Crippen molar-refractivity contribution in [1.29, 1.82) is 0 Å². The molecule has 0 radical (unpaired) electrons. The van der Waals surface area contributed by atoms with Crippen LogP contribution in [0.3, 0.4) is 0 Å². The van der Waals surface area contributed by atoms with Crippen molar-refractivity contribution >= 4 is 37.1 Å². The molecule has 0 unspecified atom stereocenters. The zero-order valence-corrected chi connectivity index (χ0v) is 24.0. The highest BCUT2D eigenvalue weighted by Gasteiger charge is 2.49. The zero-order valence-electron chi connectivity index (χ0n) is 22.2. The maximum Gasteiger partial charge on any atom is 0.0267 e. The van der Waals surface area contributed by atoms with Gasteiger partial charge in [0.15, 0.2) is 0 Å². The first-order valence-corrected chi connectivity index (χ1v) is 16.0. The second kappa shape index (κ2) is 11.0. The first-order valence-electron chi connectivity index (χ1n) is 13.4. The Morgan fingerprint density at radius 2 is 0.694 bits per heavy atom. The monoisotopic (exact) mass is 508 g/mol. The van der Waals surface area contributed by atoms with Gasteiger partial charge in [-0.2, -0.15) is 0 Å². The minimum absolute atomic E-state index is 0.222. The average molecular weight is 509 g/mol. The third-order valence-corrected chi connectivity index (χ3v) is 15.6. The van der Waals surface area contributed by atoms with Crippen LogP contribution in [-0.4, -0.2) is 4.90 Å². The van der Waals surface area contributed by atoms with Crippen molar-refractivity contribution in [3.8, 4) is 0 Å². The largest absolute Gasteiger partial charge is 0.0620 e. The minimum atomic E-state index is -0.578. The van der Waals surface area contributed by atoms with Gasteiger partial charge in [0, 0.05) is 4.90 Å². The third-order valence-electron chi connectivity index (χ3n) is 7.91. The second-order valence-electron chi connectivity index (χ2n) is 10.4. The van der Waals surface area contributed by atoms with Gasteiger partial charge in [-0.3, -0.25) is 0 Å². The van der Waals surface area contributed by atoms with Gasteiger partial charge in [0.1, 0.15) is 0 Å². The summed E-state index contributed by atoms with van der Waals surface area (Å²) < 4.78 is 0. The number of hydrogen-bond donors (Lipinski definition) is 0. The summed E-state index contributed by atoms with van der Waals surface area (Å²) in [5, 5.41) is 6.33. The molecule has 1 saturated carbocycles. The van der Waals surface area contributed by atoms with Gasteiger partial charge in [0.05, 0.1) is 0 Å². The Balaban J connectivity index is 1.87. The Hall–Kier alpha value is -2.26. The van der Waals surface area contributed by atoms with Gasteiger partial charge in [-0.15, -0.1) is 0 Å². The molecule has 0 amide bonds. The summed E-state index contributed by atoms with van der Waals surface area (Å²) in [6.45, 7) is 9.35. The molecule has 0 aliphatic heterocycles. The minimum Gasteiger partial charge on any atom is -0.0620 e. The molecule has 1 aliphatic carbocycles. The van der Waals surface area contributed by atoms with Gasteiger partial charge >= 0.3 is 0 Å². The van der Waals surface area contributed by atoms with Crippen molar-refractivity contribution in [3.63, 3.8) is 0 Å². The highest BCUT2D eigenvalue weighted by molar-refractivity contribution is 7.91. The van der Waals surface area contributed by atoms with Gasteiger partial charge in [-0.25, -0.2) is 0 Å². The van der Waals surface area contributed by atoms with E-state index in [0.29, 0.717) is 0 Å². The quantitative estimate of drug-likeness (QED) is 0.231. The lowest BCUT2D eigenvalue weighted by Gasteiger charge is -2.51. The molecule has 0 atom stereocenters. The van der Waals surface area contributed by atoms with E-state index in [0.717, 1.165) is 0 Å². The van der Waals surface area contributed by atoms with Gasteiger partial charge in [-0.05, 0) is 99.9 Å². The summed E-state index contributed by atoms with van der Waals surface area (Å²) in [7, 11) is -1.16. The normalized spacial score (nSPS) is 15.4. The topological polar surface area (TPSA) is 0 Å². The fourth-order valence-electron chi connectivity index (χ4n) is 6.08. The Kier molecular flexibility index (Phi) is 7.76. The van der Waals surface area contributed by atoms with E-state index in [1.165, 1.54) is 54.4 Å². The van der Waals surface area contributed by atoms with Crippen LogP contribution in [-0.2, 0) is 0 Å². The summed E-state index contributed by atoms with van der Waals surface area (Å²) in [4.78, 5) is 0.222. The van der Waals surface area contributed by atoms with Crippen LogP contribution in [0.25, 0.3) is 0 Å². The van der Waals surface area contributed by atoms with Gasteiger partial charge < -0.3 is 0 Å². The SMILES string of the molecule is Cc1ccccc1P(c1ccccc1C)C1(P(c2ccccc2C)c2ccccc2C)CCCCC1. The Labute approximate surface area is 220 Å². The van der Waals surface area contributed by atoms with Crippen LogP contribution in [0.1, 0.15) is 54.4 Å². The van der Waals surface area contributed by atoms with E-state index >= 15 is 0 Å².